The second kappa shape index (κ2) is 5.36. The molecule has 0 spiro atoms. The van der Waals surface area contributed by atoms with Crippen molar-refractivity contribution in [2.75, 3.05) is 13.1 Å². The zero-order chi connectivity index (χ0) is 12.4. The Morgan fingerprint density at radius 3 is 2.76 bits per heavy atom. The van der Waals surface area contributed by atoms with Gasteiger partial charge in [-0.3, -0.25) is 0 Å². The fourth-order valence-corrected chi connectivity index (χ4v) is 2.66. The molecule has 1 aliphatic heterocycles. The highest BCUT2D eigenvalue weighted by Crippen LogP contribution is 2.34. The lowest BCUT2D eigenvalue weighted by Gasteiger charge is -2.23. The van der Waals surface area contributed by atoms with Crippen molar-refractivity contribution in [3.8, 4) is 5.75 Å². The van der Waals surface area contributed by atoms with Crippen molar-refractivity contribution in [3.63, 3.8) is 0 Å². The molecule has 0 aromatic heterocycles. The minimum Gasteiger partial charge on any atom is -0.504 e. The molecular formula is C13H17BrFNO. The Kier molecular flexibility index (Phi) is 4.05. The van der Waals surface area contributed by atoms with Gasteiger partial charge in [0.1, 0.15) is 0 Å². The Labute approximate surface area is 109 Å². The van der Waals surface area contributed by atoms with Gasteiger partial charge in [-0.1, -0.05) is 6.07 Å². The van der Waals surface area contributed by atoms with E-state index >= 15 is 0 Å². The quantitative estimate of drug-likeness (QED) is 0.879. The smallest absolute Gasteiger partial charge is 0.169 e. The third-order valence-electron chi connectivity index (χ3n) is 3.40. The van der Waals surface area contributed by atoms with E-state index in [9.17, 15) is 9.50 Å². The first-order chi connectivity index (χ1) is 8.09. The summed E-state index contributed by atoms with van der Waals surface area (Å²) < 4.78 is 14.4. The van der Waals surface area contributed by atoms with Gasteiger partial charge in [0, 0.05) is 0 Å². The molecule has 1 heterocycles. The minimum absolute atomic E-state index is 0.256. The molecule has 0 aliphatic carbocycles. The van der Waals surface area contributed by atoms with E-state index in [1.165, 1.54) is 0 Å². The number of hydrogen-bond acceptors (Lipinski definition) is 2. The minimum atomic E-state index is -0.471. The maximum absolute atomic E-state index is 13.9. The maximum Gasteiger partial charge on any atom is 0.169 e. The monoisotopic (exact) mass is 301 g/mol. The molecule has 0 atom stereocenters. The molecule has 94 valence electrons. The molecule has 0 bridgehead atoms. The normalized spacial score (nSPS) is 17.4. The number of aryl methyl sites for hydroxylation is 1. The highest BCUT2D eigenvalue weighted by molar-refractivity contribution is 9.10. The molecule has 4 heteroatoms. The molecule has 1 aromatic carbocycles. The summed E-state index contributed by atoms with van der Waals surface area (Å²) in [5.74, 6) is -0.208. The van der Waals surface area contributed by atoms with E-state index in [-0.39, 0.29) is 5.75 Å². The van der Waals surface area contributed by atoms with Crippen LogP contribution in [-0.2, 0) is 6.42 Å². The summed E-state index contributed by atoms with van der Waals surface area (Å²) in [6.07, 6.45) is 2.87. The summed E-state index contributed by atoms with van der Waals surface area (Å²) in [7, 11) is 0. The van der Waals surface area contributed by atoms with Crippen molar-refractivity contribution < 1.29 is 9.50 Å². The van der Waals surface area contributed by atoms with Crippen molar-refractivity contribution in [2.24, 2.45) is 5.92 Å². The number of phenols is 1. The highest BCUT2D eigenvalue weighted by Gasteiger charge is 2.19. The van der Waals surface area contributed by atoms with E-state index in [0.717, 1.165) is 37.9 Å². The van der Waals surface area contributed by atoms with Gasteiger partial charge < -0.3 is 10.4 Å². The first-order valence-electron chi connectivity index (χ1n) is 5.96. The van der Waals surface area contributed by atoms with E-state index in [1.54, 1.807) is 0 Å². The lowest BCUT2D eigenvalue weighted by Crippen LogP contribution is -2.28. The van der Waals surface area contributed by atoms with Crippen molar-refractivity contribution in [2.45, 2.75) is 26.2 Å². The van der Waals surface area contributed by atoms with Crippen molar-refractivity contribution in [1.29, 1.82) is 0 Å². The fourth-order valence-electron chi connectivity index (χ4n) is 2.37. The van der Waals surface area contributed by atoms with Crippen LogP contribution in [0.4, 0.5) is 4.39 Å². The topological polar surface area (TPSA) is 32.3 Å². The van der Waals surface area contributed by atoms with E-state index in [0.29, 0.717) is 16.0 Å². The summed E-state index contributed by atoms with van der Waals surface area (Å²) in [4.78, 5) is 0. The summed E-state index contributed by atoms with van der Waals surface area (Å²) >= 11 is 3.19. The second-order valence-corrected chi connectivity index (χ2v) is 5.52. The first-order valence-corrected chi connectivity index (χ1v) is 6.76. The van der Waals surface area contributed by atoms with Gasteiger partial charge in [0.2, 0.25) is 0 Å². The van der Waals surface area contributed by atoms with Gasteiger partial charge in [-0.15, -0.1) is 0 Å². The van der Waals surface area contributed by atoms with Gasteiger partial charge in [0.15, 0.2) is 11.6 Å². The molecule has 0 unspecified atom stereocenters. The van der Waals surface area contributed by atoms with Gasteiger partial charge in [-0.2, -0.15) is 0 Å². The molecule has 0 radical (unpaired) electrons. The molecule has 1 saturated heterocycles. The summed E-state index contributed by atoms with van der Waals surface area (Å²) in [5, 5.41) is 13.0. The largest absolute Gasteiger partial charge is 0.504 e. The summed E-state index contributed by atoms with van der Waals surface area (Å²) in [6.45, 7) is 3.89. The van der Waals surface area contributed by atoms with Crippen LogP contribution in [0, 0.1) is 18.7 Å². The number of phenolic OH excluding ortho intramolecular Hbond substituents is 1. The standard InChI is InChI=1S/C13H17BrFNO/c1-8-6-10(12(15)13(17)11(8)14)7-9-2-4-16-5-3-9/h6,9,16-17H,2-5,7H2,1H3. The van der Waals surface area contributed by atoms with E-state index in [1.807, 2.05) is 13.0 Å². The predicted octanol–water partition coefficient (Wildman–Crippen LogP) is 3.14. The third-order valence-corrected chi connectivity index (χ3v) is 4.40. The Hall–Kier alpha value is -0.610. The van der Waals surface area contributed by atoms with E-state index in [4.69, 9.17) is 0 Å². The molecule has 1 aromatic rings. The maximum atomic E-state index is 13.9. The van der Waals surface area contributed by atoms with E-state index < -0.39 is 5.82 Å². The Bertz CT molecular complexity index is 416. The Morgan fingerprint density at radius 2 is 2.12 bits per heavy atom. The van der Waals surface area contributed by atoms with Gasteiger partial charge in [-0.05, 0) is 72.3 Å². The zero-order valence-electron chi connectivity index (χ0n) is 9.89. The van der Waals surface area contributed by atoms with Crippen LogP contribution in [0.2, 0.25) is 0 Å². The molecule has 1 aliphatic rings. The fraction of sp³-hybridized carbons (Fsp3) is 0.538. The number of rotatable bonds is 2. The van der Waals surface area contributed by atoms with Crippen LogP contribution in [0.1, 0.15) is 24.0 Å². The van der Waals surface area contributed by atoms with Crippen LogP contribution in [0.3, 0.4) is 0 Å². The third kappa shape index (κ3) is 2.80. The SMILES string of the molecule is Cc1cc(CC2CCNCC2)c(F)c(O)c1Br. The Balaban J connectivity index is 2.20. The Morgan fingerprint density at radius 1 is 1.47 bits per heavy atom. The number of benzene rings is 1. The van der Waals surface area contributed by atoms with Crippen LogP contribution in [-0.4, -0.2) is 18.2 Å². The van der Waals surface area contributed by atoms with Gasteiger partial charge in [0.25, 0.3) is 0 Å². The van der Waals surface area contributed by atoms with Crippen molar-refractivity contribution in [1.82, 2.24) is 5.32 Å². The molecule has 2 nitrogen and oxygen atoms in total. The van der Waals surface area contributed by atoms with Crippen LogP contribution < -0.4 is 5.32 Å². The van der Waals surface area contributed by atoms with Gasteiger partial charge in [0.05, 0.1) is 4.47 Å². The van der Waals surface area contributed by atoms with Crippen molar-refractivity contribution >= 4 is 15.9 Å². The lowest BCUT2D eigenvalue weighted by molar-refractivity contribution is 0.364. The van der Waals surface area contributed by atoms with Crippen LogP contribution >= 0.6 is 15.9 Å². The molecule has 2 N–H and O–H groups in total. The predicted molar refractivity (Wildman–Crippen MR) is 69.8 cm³/mol. The second-order valence-electron chi connectivity index (χ2n) is 4.73. The molecular weight excluding hydrogens is 285 g/mol. The van der Waals surface area contributed by atoms with Crippen molar-refractivity contribution in [3.05, 3.63) is 27.5 Å². The number of nitrogens with one attached hydrogen (secondary N) is 1. The molecule has 0 saturated carbocycles. The number of hydrogen-bond donors (Lipinski definition) is 2. The summed E-state index contributed by atoms with van der Waals surface area (Å²) in [6, 6.07) is 1.83. The average molecular weight is 302 g/mol. The van der Waals surface area contributed by atoms with Gasteiger partial charge in [-0.25, -0.2) is 4.39 Å². The molecule has 1 fully saturated rings. The van der Waals surface area contributed by atoms with Crippen LogP contribution in [0.15, 0.2) is 10.5 Å². The molecule has 0 amide bonds. The molecule has 17 heavy (non-hydrogen) atoms. The highest BCUT2D eigenvalue weighted by atomic mass is 79.9. The lowest BCUT2D eigenvalue weighted by atomic mass is 9.90. The zero-order valence-corrected chi connectivity index (χ0v) is 11.5. The average Bonchev–Trinajstić information content (AvgIpc) is 2.35. The molecule has 2 rings (SSSR count). The van der Waals surface area contributed by atoms with Crippen LogP contribution in [0.25, 0.3) is 0 Å². The number of halogens is 2. The van der Waals surface area contributed by atoms with Crippen LogP contribution in [0.5, 0.6) is 5.75 Å². The number of aromatic hydroxyl groups is 1. The van der Waals surface area contributed by atoms with Gasteiger partial charge >= 0.3 is 0 Å². The summed E-state index contributed by atoms with van der Waals surface area (Å²) in [5.41, 5.74) is 1.52. The van der Waals surface area contributed by atoms with E-state index in [2.05, 4.69) is 21.2 Å². The number of piperidine rings is 1. The first kappa shape index (κ1) is 12.8.